The normalized spacial score (nSPS) is 19.2. The lowest BCUT2D eigenvalue weighted by molar-refractivity contribution is -0.147. The van der Waals surface area contributed by atoms with Crippen molar-refractivity contribution in [2.24, 2.45) is 17.6 Å². The molecular weight excluding hydrogens is 376 g/mol. The molecule has 2 amide bonds. The first-order chi connectivity index (χ1) is 13.3. The summed E-state index contributed by atoms with van der Waals surface area (Å²) in [6.45, 7) is 3.86. The SMILES string of the molecule is Cc1ccc(-c2c(C)sc(NC(=O)[C@H]3CCCC[C@H]3C(=O)O)c2C(N)=O)cc1. The van der Waals surface area contributed by atoms with Crippen molar-refractivity contribution in [2.75, 3.05) is 5.32 Å². The van der Waals surface area contributed by atoms with Crippen molar-refractivity contribution in [3.8, 4) is 11.1 Å². The highest BCUT2D eigenvalue weighted by molar-refractivity contribution is 7.17. The predicted octanol–water partition coefficient (Wildman–Crippen LogP) is 3.96. The maximum absolute atomic E-state index is 12.8. The van der Waals surface area contributed by atoms with E-state index < -0.39 is 23.7 Å². The van der Waals surface area contributed by atoms with E-state index in [4.69, 9.17) is 5.73 Å². The van der Waals surface area contributed by atoms with Gasteiger partial charge in [-0.25, -0.2) is 0 Å². The molecule has 0 saturated heterocycles. The van der Waals surface area contributed by atoms with E-state index in [0.717, 1.165) is 28.8 Å². The predicted molar refractivity (Wildman–Crippen MR) is 109 cm³/mol. The van der Waals surface area contributed by atoms with Crippen molar-refractivity contribution in [1.82, 2.24) is 0 Å². The van der Waals surface area contributed by atoms with Gasteiger partial charge in [-0.15, -0.1) is 11.3 Å². The highest BCUT2D eigenvalue weighted by atomic mass is 32.1. The average molecular weight is 401 g/mol. The number of rotatable bonds is 5. The Hall–Kier alpha value is -2.67. The number of hydrogen-bond acceptors (Lipinski definition) is 4. The third kappa shape index (κ3) is 3.94. The summed E-state index contributed by atoms with van der Waals surface area (Å²) in [5.41, 5.74) is 8.60. The maximum atomic E-state index is 12.8. The van der Waals surface area contributed by atoms with Gasteiger partial charge in [0.2, 0.25) is 5.91 Å². The van der Waals surface area contributed by atoms with Gasteiger partial charge in [0, 0.05) is 10.4 Å². The number of amides is 2. The number of carbonyl (C=O) groups excluding carboxylic acids is 2. The number of carboxylic acids is 1. The second-order valence-corrected chi connectivity index (χ2v) is 8.52. The monoisotopic (exact) mass is 400 g/mol. The Morgan fingerprint density at radius 2 is 1.68 bits per heavy atom. The molecule has 1 fully saturated rings. The second-order valence-electron chi connectivity index (χ2n) is 7.29. The van der Waals surface area contributed by atoms with E-state index in [1.165, 1.54) is 11.3 Å². The summed E-state index contributed by atoms with van der Waals surface area (Å²) < 4.78 is 0. The summed E-state index contributed by atoms with van der Waals surface area (Å²) in [5, 5.41) is 12.6. The van der Waals surface area contributed by atoms with Crippen LogP contribution in [0.15, 0.2) is 24.3 Å². The van der Waals surface area contributed by atoms with E-state index in [1.54, 1.807) is 0 Å². The smallest absolute Gasteiger partial charge is 0.307 e. The molecule has 1 aromatic carbocycles. The van der Waals surface area contributed by atoms with Gasteiger partial charge in [-0.1, -0.05) is 42.7 Å². The van der Waals surface area contributed by atoms with Crippen LogP contribution in [0.2, 0.25) is 0 Å². The van der Waals surface area contributed by atoms with Gasteiger partial charge >= 0.3 is 5.97 Å². The first-order valence-electron chi connectivity index (χ1n) is 9.33. The number of hydrogen-bond donors (Lipinski definition) is 3. The molecule has 2 atom stereocenters. The Morgan fingerprint density at radius 1 is 1.07 bits per heavy atom. The molecule has 1 aliphatic rings. The molecule has 7 heteroatoms. The molecule has 6 nitrogen and oxygen atoms in total. The topological polar surface area (TPSA) is 109 Å². The molecule has 0 spiro atoms. The van der Waals surface area contributed by atoms with Gasteiger partial charge < -0.3 is 16.2 Å². The summed E-state index contributed by atoms with van der Waals surface area (Å²) in [7, 11) is 0. The number of carboxylic acid groups (broad SMARTS) is 1. The van der Waals surface area contributed by atoms with Crippen molar-refractivity contribution in [3.05, 3.63) is 40.3 Å². The van der Waals surface area contributed by atoms with Gasteiger partial charge in [0.05, 0.1) is 17.4 Å². The molecule has 0 unspecified atom stereocenters. The van der Waals surface area contributed by atoms with Crippen LogP contribution in [-0.2, 0) is 9.59 Å². The van der Waals surface area contributed by atoms with Crippen LogP contribution in [-0.4, -0.2) is 22.9 Å². The molecule has 28 heavy (non-hydrogen) atoms. The third-order valence-electron chi connectivity index (χ3n) is 5.33. The molecule has 4 N–H and O–H groups in total. The largest absolute Gasteiger partial charge is 0.481 e. The molecule has 1 aliphatic carbocycles. The molecular formula is C21H24N2O4S. The molecule has 0 aliphatic heterocycles. The number of nitrogens with two attached hydrogens (primary N) is 1. The number of carbonyl (C=O) groups is 3. The Labute approximate surface area is 167 Å². The summed E-state index contributed by atoms with van der Waals surface area (Å²) in [6.07, 6.45) is 2.66. The highest BCUT2D eigenvalue weighted by Gasteiger charge is 2.36. The molecule has 1 aromatic heterocycles. The van der Waals surface area contributed by atoms with Crippen LogP contribution < -0.4 is 11.1 Å². The van der Waals surface area contributed by atoms with E-state index in [2.05, 4.69) is 5.32 Å². The zero-order chi connectivity index (χ0) is 20.4. The summed E-state index contributed by atoms with van der Waals surface area (Å²) in [5.74, 6) is -3.21. The van der Waals surface area contributed by atoms with Crippen molar-refractivity contribution >= 4 is 34.1 Å². The zero-order valence-electron chi connectivity index (χ0n) is 16.0. The molecule has 1 saturated carbocycles. The lowest BCUT2D eigenvalue weighted by Crippen LogP contribution is -2.36. The lowest BCUT2D eigenvalue weighted by atomic mass is 9.78. The number of thiophene rings is 1. The van der Waals surface area contributed by atoms with E-state index in [-0.39, 0.29) is 11.5 Å². The molecule has 3 rings (SSSR count). The first-order valence-corrected chi connectivity index (χ1v) is 10.1. The van der Waals surface area contributed by atoms with Crippen LogP contribution in [0.5, 0.6) is 0 Å². The van der Waals surface area contributed by atoms with E-state index in [0.29, 0.717) is 23.4 Å². The Balaban J connectivity index is 1.95. The fourth-order valence-electron chi connectivity index (χ4n) is 3.88. The third-order valence-corrected chi connectivity index (χ3v) is 6.35. The standard InChI is InChI=1S/C21H24N2O4S/c1-11-7-9-13(10-8-11)16-12(2)28-20(17(16)18(22)24)23-19(25)14-5-3-4-6-15(14)21(26)27/h7-10,14-15H,3-6H2,1-2H3,(H2,22,24)(H,23,25)(H,26,27)/t14-,15+/m0/s1. The second kappa shape index (κ2) is 8.14. The quantitative estimate of drug-likeness (QED) is 0.705. The van der Waals surface area contributed by atoms with Gasteiger partial charge in [0.1, 0.15) is 5.00 Å². The van der Waals surface area contributed by atoms with E-state index in [9.17, 15) is 19.5 Å². The van der Waals surface area contributed by atoms with E-state index >= 15 is 0 Å². The van der Waals surface area contributed by atoms with Gasteiger partial charge in [-0.05, 0) is 32.3 Å². The fourth-order valence-corrected chi connectivity index (χ4v) is 4.97. The molecule has 1 heterocycles. The highest BCUT2D eigenvalue weighted by Crippen LogP contribution is 2.40. The first kappa shape index (κ1) is 20.1. The number of nitrogens with one attached hydrogen (secondary N) is 1. The van der Waals surface area contributed by atoms with Crippen LogP contribution in [0, 0.1) is 25.7 Å². The minimum Gasteiger partial charge on any atom is -0.481 e. The molecule has 148 valence electrons. The van der Waals surface area contributed by atoms with Gasteiger partial charge in [-0.2, -0.15) is 0 Å². The van der Waals surface area contributed by atoms with Gasteiger partial charge in [0.25, 0.3) is 5.91 Å². The van der Waals surface area contributed by atoms with Crippen LogP contribution >= 0.6 is 11.3 Å². The van der Waals surface area contributed by atoms with Crippen LogP contribution in [0.25, 0.3) is 11.1 Å². The number of primary amides is 1. The fraction of sp³-hybridized carbons (Fsp3) is 0.381. The number of aliphatic carboxylic acids is 1. The zero-order valence-corrected chi connectivity index (χ0v) is 16.8. The Morgan fingerprint density at radius 3 is 2.25 bits per heavy atom. The van der Waals surface area contributed by atoms with Gasteiger partial charge in [0.15, 0.2) is 0 Å². The number of benzene rings is 1. The van der Waals surface area contributed by atoms with Crippen molar-refractivity contribution in [1.29, 1.82) is 0 Å². The minimum absolute atomic E-state index is 0.280. The molecule has 2 aromatic rings. The Bertz CT molecular complexity index is 917. The van der Waals surface area contributed by atoms with Crippen molar-refractivity contribution in [3.63, 3.8) is 0 Å². The van der Waals surface area contributed by atoms with Gasteiger partial charge in [-0.3, -0.25) is 14.4 Å². The molecule has 0 bridgehead atoms. The van der Waals surface area contributed by atoms with Crippen molar-refractivity contribution in [2.45, 2.75) is 39.5 Å². The number of aryl methyl sites for hydroxylation is 2. The average Bonchev–Trinajstić information content (AvgIpc) is 2.98. The summed E-state index contributed by atoms with van der Waals surface area (Å²) in [6, 6.07) is 7.75. The maximum Gasteiger partial charge on any atom is 0.307 e. The summed E-state index contributed by atoms with van der Waals surface area (Å²) >= 11 is 1.29. The van der Waals surface area contributed by atoms with Crippen molar-refractivity contribution < 1.29 is 19.5 Å². The van der Waals surface area contributed by atoms with E-state index in [1.807, 2.05) is 38.1 Å². The minimum atomic E-state index is -0.947. The summed E-state index contributed by atoms with van der Waals surface area (Å²) in [4.78, 5) is 37.4. The Kier molecular flexibility index (Phi) is 5.84. The molecule has 0 radical (unpaired) electrons. The number of anilines is 1. The lowest BCUT2D eigenvalue weighted by Gasteiger charge is -2.27. The van der Waals surface area contributed by atoms with Crippen LogP contribution in [0.4, 0.5) is 5.00 Å². The van der Waals surface area contributed by atoms with Crippen LogP contribution in [0.1, 0.15) is 46.5 Å². The van der Waals surface area contributed by atoms with Crippen LogP contribution in [0.3, 0.4) is 0 Å².